The maximum absolute atomic E-state index is 12.9. The fourth-order valence-corrected chi connectivity index (χ4v) is 2.84. The van der Waals surface area contributed by atoms with Crippen LogP contribution in [0.4, 0.5) is 4.39 Å². The molecular formula is C9H7FOS2. The van der Waals surface area contributed by atoms with Crippen LogP contribution in [0.15, 0.2) is 22.4 Å². The average molecular weight is 214 g/mol. The summed E-state index contributed by atoms with van der Waals surface area (Å²) in [5.41, 5.74) is 0. The monoisotopic (exact) mass is 214 g/mol. The first kappa shape index (κ1) is 8.84. The summed E-state index contributed by atoms with van der Waals surface area (Å²) in [7, 11) is 0. The average Bonchev–Trinajstić information content (AvgIpc) is 2.47. The lowest BCUT2D eigenvalue weighted by Gasteiger charge is -1.93. The van der Waals surface area contributed by atoms with Gasteiger partial charge < -0.3 is 5.11 Å². The van der Waals surface area contributed by atoms with Crippen molar-refractivity contribution in [1.29, 1.82) is 0 Å². The van der Waals surface area contributed by atoms with Crippen LogP contribution in [0, 0.1) is 5.82 Å². The molecule has 0 amide bonds. The van der Waals surface area contributed by atoms with Crippen LogP contribution in [0.1, 0.15) is 0 Å². The molecule has 2 aromatic rings. The standard InChI is InChI=1S/C9H7FOS2/c1-12-9-4-6-7(11)2-5(10)3-8(6)13-9/h2-4,11H,1H3. The van der Waals surface area contributed by atoms with E-state index < -0.39 is 0 Å². The summed E-state index contributed by atoms with van der Waals surface area (Å²) < 4.78 is 14.7. The van der Waals surface area contributed by atoms with E-state index in [1.165, 1.54) is 17.4 Å². The summed E-state index contributed by atoms with van der Waals surface area (Å²) in [6.45, 7) is 0. The van der Waals surface area contributed by atoms with Crippen molar-refractivity contribution in [3.63, 3.8) is 0 Å². The number of thiophene rings is 1. The number of phenolic OH excluding ortho intramolecular Hbond substituents is 1. The lowest BCUT2D eigenvalue weighted by molar-refractivity contribution is 0.476. The third kappa shape index (κ3) is 1.51. The second-order valence-electron chi connectivity index (χ2n) is 2.61. The second-order valence-corrected chi connectivity index (χ2v) is 4.80. The summed E-state index contributed by atoms with van der Waals surface area (Å²) in [5.74, 6) is -0.369. The van der Waals surface area contributed by atoms with Crippen LogP contribution in [-0.4, -0.2) is 11.4 Å². The molecule has 13 heavy (non-hydrogen) atoms. The van der Waals surface area contributed by atoms with Crippen molar-refractivity contribution in [3.05, 3.63) is 24.0 Å². The predicted octanol–water partition coefficient (Wildman–Crippen LogP) is 3.47. The van der Waals surface area contributed by atoms with E-state index in [-0.39, 0.29) is 11.6 Å². The van der Waals surface area contributed by atoms with Gasteiger partial charge >= 0.3 is 0 Å². The summed E-state index contributed by atoms with van der Waals surface area (Å²) in [5, 5.41) is 10.2. The summed E-state index contributed by atoms with van der Waals surface area (Å²) >= 11 is 3.08. The minimum atomic E-state index is -0.389. The first-order chi connectivity index (χ1) is 6.20. The fraction of sp³-hybridized carbons (Fsp3) is 0.111. The van der Waals surface area contributed by atoms with Crippen molar-refractivity contribution < 1.29 is 9.50 Å². The Balaban J connectivity index is 2.75. The number of phenols is 1. The molecular weight excluding hydrogens is 207 g/mol. The molecule has 1 aromatic heterocycles. The zero-order valence-corrected chi connectivity index (χ0v) is 8.51. The summed E-state index contributed by atoms with van der Waals surface area (Å²) in [6.07, 6.45) is 1.96. The zero-order valence-electron chi connectivity index (χ0n) is 6.87. The SMILES string of the molecule is CSc1cc2c(O)cc(F)cc2s1. The van der Waals surface area contributed by atoms with E-state index in [0.29, 0.717) is 0 Å². The highest BCUT2D eigenvalue weighted by atomic mass is 32.2. The van der Waals surface area contributed by atoms with Crippen molar-refractivity contribution in [3.8, 4) is 5.75 Å². The van der Waals surface area contributed by atoms with Crippen molar-refractivity contribution in [1.82, 2.24) is 0 Å². The highest BCUT2D eigenvalue weighted by Crippen LogP contribution is 2.36. The van der Waals surface area contributed by atoms with Crippen molar-refractivity contribution in [2.75, 3.05) is 6.26 Å². The van der Waals surface area contributed by atoms with Gasteiger partial charge in [0.15, 0.2) is 0 Å². The molecule has 1 aromatic carbocycles. The third-order valence-electron chi connectivity index (χ3n) is 1.76. The Hall–Kier alpha value is -0.740. The van der Waals surface area contributed by atoms with E-state index >= 15 is 0 Å². The number of halogens is 1. The highest BCUT2D eigenvalue weighted by molar-refractivity contribution is 8.00. The Morgan fingerprint density at radius 1 is 1.38 bits per heavy atom. The highest BCUT2D eigenvalue weighted by Gasteiger charge is 2.06. The molecule has 0 radical (unpaired) electrons. The Morgan fingerprint density at radius 2 is 2.15 bits per heavy atom. The number of hydrogen-bond donors (Lipinski definition) is 1. The fourth-order valence-electron chi connectivity index (χ4n) is 1.17. The number of aromatic hydroxyl groups is 1. The number of hydrogen-bond acceptors (Lipinski definition) is 3. The molecule has 2 rings (SSSR count). The third-order valence-corrected chi connectivity index (χ3v) is 3.91. The van der Waals surface area contributed by atoms with Gasteiger partial charge in [-0.05, 0) is 18.4 Å². The number of fused-ring (bicyclic) bond motifs is 1. The Kier molecular flexibility index (Phi) is 2.17. The minimum absolute atomic E-state index is 0.0200. The summed E-state index contributed by atoms with van der Waals surface area (Å²) in [4.78, 5) is 0. The van der Waals surface area contributed by atoms with Gasteiger partial charge in [0.2, 0.25) is 0 Å². The molecule has 0 aliphatic carbocycles. The first-order valence-corrected chi connectivity index (χ1v) is 5.71. The van der Waals surface area contributed by atoms with Crippen LogP contribution in [0.2, 0.25) is 0 Å². The van der Waals surface area contributed by atoms with E-state index in [0.717, 1.165) is 20.4 Å². The number of thioether (sulfide) groups is 1. The molecule has 0 aliphatic heterocycles. The van der Waals surface area contributed by atoms with Gasteiger partial charge in [-0.15, -0.1) is 23.1 Å². The van der Waals surface area contributed by atoms with Gasteiger partial charge in [-0.1, -0.05) is 0 Å². The quantitative estimate of drug-likeness (QED) is 0.733. The van der Waals surface area contributed by atoms with Gasteiger partial charge in [0.1, 0.15) is 11.6 Å². The lowest BCUT2D eigenvalue weighted by Crippen LogP contribution is -1.72. The molecule has 0 aliphatic rings. The molecule has 0 saturated carbocycles. The Labute approximate surface area is 83.2 Å². The maximum Gasteiger partial charge on any atom is 0.128 e. The molecule has 1 N–H and O–H groups in total. The molecule has 0 bridgehead atoms. The molecule has 0 spiro atoms. The molecule has 0 unspecified atom stereocenters. The van der Waals surface area contributed by atoms with Crippen LogP contribution in [-0.2, 0) is 0 Å². The van der Waals surface area contributed by atoms with Crippen molar-refractivity contribution >= 4 is 33.2 Å². The van der Waals surface area contributed by atoms with E-state index in [1.54, 1.807) is 11.8 Å². The van der Waals surface area contributed by atoms with Gasteiger partial charge in [-0.25, -0.2) is 4.39 Å². The van der Waals surface area contributed by atoms with Crippen LogP contribution in [0.5, 0.6) is 5.75 Å². The lowest BCUT2D eigenvalue weighted by atomic mass is 10.2. The van der Waals surface area contributed by atoms with E-state index in [4.69, 9.17) is 0 Å². The predicted molar refractivity (Wildman–Crippen MR) is 55.2 cm³/mol. The molecule has 0 saturated heterocycles. The van der Waals surface area contributed by atoms with Gasteiger partial charge in [0, 0.05) is 16.2 Å². The van der Waals surface area contributed by atoms with E-state index in [9.17, 15) is 9.50 Å². The first-order valence-electron chi connectivity index (χ1n) is 3.67. The largest absolute Gasteiger partial charge is 0.507 e. The van der Waals surface area contributed by atoms with Gasteiger partial charge in [-0.2, -0.15) is 0 Å². The number of rotatable bonds is 1. The van der Waals surface area contributed by atoms with Gasteiger partial charge in [-0.3, -0.25) is 0 Å². The zero-order chi connectivity index (χ0) is 9.42. The molecule has 4 heteroatoms. The van der Waals surface area contributed by atoms with Gasteiger partial charge in [0.25, 0.3) is 0 Å². The maximum atomic E-state index is 12.9. The molecule has 0 fully saturated rings. The topological polar surface area (TPSA) is 20.2 Å². The molecule has 1 nitrogen and oxygen atoms in total. The second kappa shape index (κ2) is 3.20. The Bertz CT molecular complexity index is 450. The smallest absolute Gasteiger partial charge is 0.128 e. The molecule has 68 valence electrons. The van der Waals surface area contributed by atoms with Crippen molar-refractivity contribution in [2.45, 2.75) is 4.21 Å². The van der Waals surface area contributed by atoms with Crippen LogP contribution in [0.25, 0.3) is 10.1 Å². The van der Waals surface area contributed by atoms with E-state index in [1.807, 2.05) is 12.3 Å². The Morgan fingerprint density at radius 3 is 2.85 bits per heavy atom. The minimum Gasteiger partial charge on any atom is -0.507 e. The normalized spacial score (nSPS) is 10.9. The summed E-state index contributed by atoms with van der Waals surface area (Å²) in [6, 6.07) is 4.46. The van der Waals surface area contributed by atoms with E-state index in [2.05, 4.69) is 0 Å². The van der Waals surface area contributed by atoms with Crippen LogP contribution >= 0.6 is 23.1 Å². The van der Waals surface area contributed by atoms with Crippen molar-refractivity contribution in [2.24, 2.45) is 0 Å². The molecule has 0 atom stereocenters. The molecule has 1 heterocycles. The number of benzene rings is 1. The van der Waals surface area contributed by atoms with Crippen LogP contribution in [0.3, 0.4) is 0 Å². The van der Waals surface area contributed by atoms with Gasteiger partial charge in [0.05, 0.1) is 4.21 Å². The van der Waals surface area contributed by atoms with Crippen LogP contribution < -0.4 is 0 Å².